The fourth-order valence-corrected chi connectivity index (χ4v) is 3.09. The Morgan fingerprint density at radius 2 is 1.88 bits per heavy atom. The molecule has 12 heteroatoms. The number of nitro benzene ring substituents is 1. The average molecular weight is 437 g/mol. The van der Waals surface area contributed by atoms with E-state index in [1.165, 1.54) is 58.8 Å². The number of rotatable bonds is 6. The van der Waals surface area contributed by atoms with Gasteiger partial charge in [-0.1, -0.05) is 12.1 Å². The van der Waals surface area contributed by atoms with Crippen LogP contribution in [0.15, 0.2) is 63.2 Å². The summed E-state index contributed by atoms with van der Waals surface area (Å²) in [5, 5.41) is 14.8. The van der Waals surface area contributed by atoms with Gasteiger partial charge in [0, 0.05) is 19.2 Å². The van der Waals surface area contributed by atoms with Crippen molar-refractivity contribution in [2.75, 3.05) is 5.43 Å². The Bertz CT molecular complexity index is 1450. The monoisotopic (exact) mass is 437 g/mol. The van der Waals surface area contributed by atoms with Gasteiger partial charge in [-0.3, -0.25) is 29.0 Å². The summed E-state index contributed by atoms with van der Waals surface area (Å²) in [6, 6.07) is 11.5. The van der Waals surface area contributed by atoms with Crippen molar-refractivity contribution in [3.63, 3.8) is 0 Å². The van der Waals surface area contributed by atoms with E-state index < -0.39 is 22.0 Å². The molecule has 11 nitrogen and oxygen atoms in total. The summed E-state index contributed by atoms with van der Waals surface area (Å²) < 4.78 is 16.0. The number of nitrogens with zero attached hydrogens (tertiary/aromatic N) is 5. The number of non-ortho nitro benzene ring substituents is 1. The number of aryl methyl sites for hydroxylation is 1. The molecule has 4 rings (SSSR count). The SMILES string of the molecule is Cn1c(=O)[nH]c(=O)c2c1nc(NN=Cc1ccc([N+](=O)[O-])cc1)n2Cc1ccc(F)cc1. The number of H-pyrrole nitrogens is 1. The van der Waals surface area contributed by atoms with Crippen molar-refractivity contribution < 1.29 is 9.31 Å². The molecule has 0 atom stereocenters. The molecule has 2 aromatic carbocycles. The second-order valence-corrected chi connectivity index (χ2v) is 6.86. The van der Waals surface area contributed by atoms with Gasteiger partial charge in [0.1, 0.15) is 5.82 Å². The number of hydrogen-bond acceptors (Lipinski definition) is 7. The molecule has 0 saturated carbocycles. The van der Waals surface area contributed by atoms with E-state index in [0.717, 1.165) is 0 Å². The standard InChI is InChI=1S/C20H16FN7O4/c1-26-17-16(18(29)24-20(26)30)27(11-13-2-6-14(21)7-3-13)19(23-17)25-22-10-12-4-8-15(9-5-12)28(31)32/h2-10H,11H2,1H3,(H,23,25)(H,24,29,30). The van der Waals surface area contributed by atoms with Gasteiger partial charge in [-0.25, -0.2) is 14.6 Å². The molecule has 0 spiro atoms. The average Bonchev–Trinajstić information content (AvgIpc) is 3.13. The van der Waals surface area contributed by atoms with E-state index in [4.69, 9.17) is 0 Å². The molecule has 162 valence electrons. The molecule has 0 amide bonds. The molecule has 32 heavy (non-hydrogen) atoms. The number of benzene rings is 2. The number of hydrazone groups is 1. The molecule has 0 aliphatic heterocycles. The maximum atomic E-state index is 13.3. The molecular weight excluding hydrogens is 421 g/mol. The highest BCUT2D eigenvalue weighted by Crippen LogP contribution is 2.18. The van der Waals surface area contributed by atoms with Crippen molar-refractivity contribution in [2.24, 2.45) is 12.1 Å². The Morgan fingerprint density at radius 1 is 1.19 bits per heavy atom. The van der Waals surface area contributed by atoms with Gasteiger partial charge < -0.3 is 0 Å². The number of nitro groups is 1. The van der Waals surface area contributed by atoms with Crippen LogP contribution in [0.5, 0.6) is 0 Å². The Labute approximate surface area is 178 Å². The van der Waals surface area contributed by atoms with Crippen LogP contribution in [0.4, 0.5) is 16.0 Å². The van der Waals surface area contributed by atoms with Gasteiger partial charge in [0.15, 0.2) is 11.2 Å². The smallest absolute Gasteiger partial charge is 0.298 e. The molecular formula is C20H16FN7O4. The van der Waals surface area contributed by atoms with E-state index in [1.54, 1.807) is 12.1 Å². The zero-order chi connectivity index (χ0) is 22.8. The Kier molecular flexibility index (Phi) is 5.33. The quantitative estimate of drug-likeness (QED) is 0.268. The van der Waals surface area contributed by atoms with Crippen LogP contribution in [0.2, 0.25) is 0 Å². The maximum Gasteiger partial charge on any atom is 0.329 e. The first-order chi connectivity index (χ1) is 15.3. The zero-order valence-corrected chi connectivity index (χ0v) is 16.7. The number of imidazole rings is 1. The number of aromatic amines is 1. The minimum absolute atomic E-state index is 0.0451. The van der Waals surface area contributed by atoms with Crippen LogP contribution in [0.25, 0.3) is 11.2 Å². The fourth-order valence-electron chi connectivity index (χ4n) is 3.09. The van der Waals surface area contributed by atoms with Crippen LogP contribution < -0.4 is 16.7 Å². The third-order valence-corrected chi connectivity index (χ3v) is 4.74. The highest BCUT2D eigenvalue weighted by atomic mass is 19.1. The van der Waals surface area contributed by atoms with Gasteiger partial charge in [-0.2, -0.15) is 10.1 Å². The lowest BCUT2D eigenvalue weighted by Crippen LogP contribution is -2.29. The number of fused-ring (bicyclic) bond motifs is 1. The van der Waals surface area contributed by atoms with Gasteiger partial charge in [0.05, 0.1) is 17.7 Å². The first-order valence-electron chi connectivity index (χ1n) is 9.31. The van der Waals surface area contributed by atoms with E-state index in [-0.39, 0.29) is 29.3 Å². The number of aromatic nitrogens is 4. The van der Waals surface area contributed by atoms with E-state index in [9.17, 15) is 24.1 Å². The third-order valence-electron chi connectivity index (χ3n) is 4.74. The summed E-state index contributed by atoms with van der Waals surface area (Å²) in [4.78, 5) is 41.3. The van der Waals surface area contributed by atoms with Crippen molar-refractivity contribution in [1.82, 2.24) is 19.1 Å². The fraction of sp³-hybridized carbons (Fsp3) is 0.100. The zero-order valence-electron chi connectivity index (χ0n) is 16.7. The number of halogens is 1. The second-order valence-electron chi connectivity index (χ2n) is 6.86. The molecule has 0 aliphatic carbocycles. The Balaban J connectivity index is 1.72. The van der Waals surface area contributed by atoms with Crippen LogP contribution in [-0.4, -0.2) is 30.2 Å². The number of hydrogen-bond donors (Lipinski definition) is 2. The minimum atomic E-state index is -0.620. The topological polar surface area (TPSA) is 140 Å². The van der Waals surface area contributed by atoms with E-state index in [1.807, 2.05) is 0 Å². The molecule has 0 bridgehead atoms. The molecule has 0 saturated heterocycles. The summed E-state index contributed by atoms with van der Waals surface area (Å²) >= 11 is 0. The molecule has 2 N–H and O–H groups in total. The summed E-state index contributed by atoms with van der Waals surface area (Å²) in [5.74, 6) is -0.218. The van der Waals surface area contributed by atoms with Crippen LogP contribution in [0.1, 0.15) is 11.1 Å². The van der Waals surface area contributed by atoms with Gasteiger partial charge in [-0.15, -0.1) is 0 Å². The van der Waals surface area contributed by atoms with Crippen molar-refractivity contribution >= 4 is 29.0 Å². The van der Waals surface area contributed by atoms with Gasteiger partial charge in [0.25, 0.3) is 11.2 Å². The van der Waals surface area contributed by atoms with Crippen molar-refractivity contribution in [3.05, 3.63) is 96.4 Å². The third kappa shape index (κ3) is 4.01. The first-order valence-corrected chi connectivity index (χ1v) is 9.31. The number of anilines is 1. The molecule has 0 unspecified atom stereocenters. The van der Waals surface area contributed by atoms with Gasteiger partial charge in [-0.05, 0) is 35.4 Å². The van der Waals surface area contributed by atoms with Crippen LogP contribution in [-0.2, 0) is 13.6 Å². The highest BCUT2D eigenvalue weighted by molar-refractivity contribution is 5.81. The van der Waals surface area contributed by atoms with Crippen LogP contribution >= 0.6 is 0 Å². The largest absolute Gasteiger partial charge is 0.329 e. The predicted molar refractivity (Wildman–Crippen MR) is 115 cm³/mol. The van der Waals surface area contributed by atoms with Crippen LogP contribution in [0, 0.1) is 15.9 Å². The molecule has 2 aromatic heterocycles. The van der Waals surface area contributed by atoms with Crippen molar-refractivity contribution in [2.45, 2.75) is 6.54 Å². The molecule has 2 heterocycles. The lowest BCUT2D eigenvalue weighted by atomic mass is 10.2. The first kappa shape index (κ1) is 20.7. The molecule has 4 aromatic rings. The summed E-state index contributed by atoms with van der Waals surface area (Å²) in [7, 11) is 1.47. The Hall–Kier alpha value is -4.61. The normalized spacial score (nSPS) is 11.3. The van der Waals surface area contributed by atoms with Crippen LogP contribution in [0.3, 0.4) is 0 Å². The molecule has 0 radical (unpaired) electrons. The second kappa shape index (κ2) is 8.26. The summed E-state index contributed by atoms with van der Waals surface area (Å²) in [6.07, 6.45) is 1.43. The van der Waals surface area contributed by atoms with Gasteiger partial charge in [0.2, 0.25) is 5.95 Å². The maximum absolute atomic E-state index is 13.3. The molecule has 0 fully saturated rings. The Morgan fingerprint density at radius 3 is 2.53 bits per heavy atom. The molecule has 0 aliphatic rings. The van der Waals surface area contributed by atoms with E-state index in [2.05, 4.69) is 20.5 Å². The summed E-state index contributed by atoms with van der Waals surface area (Å²) in [6.45, 7) is 0.160. The van der Waals surface area contributed by atoms with E-state index in [0.29, 0.717) is 11.1 Å². The lowest BCUT2D eigenvalue weighted by Gasteiger charge is -2.08. The van der Waals surface area contributed by atoms with Crippen molar-refractivity contribution in [3.8, 4) is 0 Å². The highest BCUT2D eigenvalue weighted by Gasteiger charge is 2.17. The number of nitrogens with one attached hydrogen (secondary N) is 2. The van der Waals surface area contributed by atoms with Crippen molar-refractivity contribution in [1.29, 1.82) is 0 Å². The predicted octanol–water partition coefficient (Wildman–Crippen LogP) is 1.96. The minimum Gasteiger partial charge on any atom is -0.298 e. The van der Waals surface area contributed by atoms with E-state index >= 15 is 0 Å². The lowest BCUT2D eigenvalue weighted by molar-refractivity contribution is -0.384. The summed E-state index contributed by atoms with van der Waals surface area (Å²) in [5.41, 5.74) is 3.04. The van der Waals surface area contributed by atoms with Gasteiger partial charge >= 0.3 is 5.69 Å².